The molecule has 0 radical (unpaired) electrons. The number of rotatable bonds is 7. The van der Waals surface area contributed by atoms with Crippen LogP contribution in [0.5, 0.6) is 5.75 Å². The number of halogens is 1. The van der Waals surface area contributed by atoms with Crippen LogP contribution in [0.15, 0.2) is 53.4 Å². The van der Waals surface area contributed by atoms with E-state index in [0.29, 0.717) is 10.8 Å². The van der Waals surface area contributed by atoms with Crippen LogP contribution in [0.25, 0.3) is 0 Å². The van der Waals surface area contributed by atoms with Gasteiger partial charge in [0.1, 0.15) is 18.0 Å². The normalized spacial score (nSPS) is 21.9. The van der Waals surface area contributed by atoms with Crippen LogP contribution in [0, 0.1) is 6.92 Å². The fourth-order valence-electron chi connectivity index (χ4n) is 4.49. The molecule has 2 aliphatic rings. The minimum Gasteiger partial charge on any atom is -0.490 e. The molecule has 0 aromatic heterocycles. The summed E-state index contributed by atoms with van der Waals surface area (Å²) in [5, 5.41) is 0.532. The zero-order valence-electron chi connectivity index (χ0n) is 19.4. The molecule has 4 rings (SSSR count). The molecule has 1 unspecified atom stereocenters. The van der Waals surface area contributed by atoms with Gasteiger partial charge in [0.2, 0.25) is 15.9 Å². The molecule has 2 aromatic carbocycles. The topological polar surface area (TPSA) is 76.1 Å². The summed E-state index contributed by atoms with van der Waals surface area (Å²) >= 11 is 6.09. The second-order valence-electron chi connectivity index (χ2n) is 9.05. The Bertz CT molecular complexity index is 1120. The highest BCUT2D eigenvalue weighted by atomic mass is 35.5. The molecule has 2 aliphatic heterocycles. The van der Waals surface area contributed by atoms with Gasteiger partial charge in [-0.15, -0.1) is 0 Å². The van der Waals surface area contributed by atoms with Crippen molar-refractivity contribution in [3.8, 4) is 5.75 Å². The third-order valence-electron chi connectivity index (χ3n) is 6.32. The number of ether oxygens (including phenoxy) is 2. The first kappa shape index (κ1) is 25.0. The fraction of sp³-hybridized carbons (Fsp3) is 0.480. The Morgan fingerprint density at radius 2 is 1.85 bits per heavy atom. The Morgan fingerprint density at radius 3 is 2.59 bits per heavy atom. The minimum atomic E-state index is -3.75. The Morgan fingerprint density at radius 1 is 1.09 bits per heavy atom. The first-order chi connectivity index (χ1) is 16.3. The first-order valence-electron chi connectivity index (χ1n) is 11.6. The average molecular weight is 507 g/mol. The summed E-state index contributed by atoms with van der Waals surface area (Å²) in [5.41, 5.74) is -0.239. The predicted molar refractivity (Wildman–Crippen MR) is 131 cm³/mol. The number of aryl methyl sites for hydroxylation is 1. The second-order valence-corrected chi connectivity index (χ2v) is 11.4. The number of nitrogens with zero attached hydrogens (tertiary/aromatic N) is 2. The van der Waals surface area contributed by atoms with Gasteiger partial charge in [-0.2, -0.15) is 4.31 Å². The number of amides is 1. The lowest BCUT2D eigenvalue weighted by atomic mass is 9.97. The standard InChI is InChI=1S/C25H31ClN2O5S/c1-20-7-5-10-23(15-20)34(30,31)28-13-14-33-25(18-28,17-24(29)27-11-3-2-4-12-27)19-32-22-9-6-8-21(26)16-22/h5-10,15-16H,2-4,11-14,17-19H2,1H3. The summed E-state index contributed by atoms with van der Waals surface area (Å²) < 4.78 is 40.5. The third kappa shape index (κ3) is 5.92. The van der Waals surface area contributed by atoms with E-state index in [2.05, 4.69) is 0 Å². The number of piperidine rings is 1. The minimum absolute atomic E-state index is 0.0312. The van der Waals surface area contributed by atoms with Crippen LogP contribution < -0.4 is 4.74 Å². The maximum atomic E-state index is 13.5. The van der Waals surface area contributed by atoms with Crippen LogP contribution in [-0.2, 0) is 19.6 Å². The van der Waals surface area contributed by atoms with E-state index in [1.165, 1.54) is 4.31 Å². The molecule has 0 bridgehead atoms. The molecule has 2 saturated heterocycles. The molecule has 184 valence electrons. The van der Waals surface area contributed by atoms with Gasteiger partial charge in [0, 0.05) is 31.2 Å². The Kier molecular flexibility index (Phi) is 7.82. The molecular weight excluding hydrogens is 476 g/mol. The van der Waals surface area contributed by atoms with Crippen molar-refractivity contribution in [2.45, 2.75) is 43.1 Å². The third-order valence-corrected chi connectivity index (χ3v) is 8.40. The average Bonchev–Trinajstić information content (AvgIpc) is 2.83. The summed E-state index contributed by atoms with van der Waals surface area (Å²) in [6.07, 6.45) is 3.12. The summed E-state index contributed by atoms with van der Waals surface area (Å²) in [7, 11) is -3.75. The van der Waals surface area contributed by atoms with E-state index >= 15 is 0 Å². The number of likely N-dealkylation sites (tertiary alicyclic amines) is 1. The highest BCUT2D eigenvalue weighted by Crippen LogP contribution is 2.30. The van der Waals surface area contributed by atoms with Gasteiger partial charge in [0.25, 0.3) is 0 Å². The van der Waals surface area contributed by atoms with Crippen molar-refractivity contribution in [2.75, 3.05) is 39.4 Å². The largest absolute Gasteiger partial charge is 0.490 e. The number of carbonyl (C=O) groups excluding carboxylic acids is 1. The maximum Gasteiger partial charge on any atom is 0.243 e. The van der Waals surface area contributed by atoms with Crippen LogP contribution in [0.4, 0.5) is 0 Å². The van der Waals surface area contributed by atoms with Gasteiger partial charge in [-0.1, -0.05) is 29.8 Å². The zero-order valence-corrected chi connectivity index (χ0v) is 21.0. The molecule has 2 heterocycles. The summed E-state index contributed by atoms with van der Waals surface area (Å²) in [6, 6.07) is 13.8. The zero-order chi connectivity index (χ0) is 24.2. The summed E-state index contributed by atoms with van der Waals surface area (Å²) in [5.74, 6) is 0.503. The number of morpholine rings is 1. The highest BCUT2D eigenvalue weighted by molar-refractivity contribution is 7.89. The van der Waals surface area contributed by atoms with Crippen molar-refractivity contribution in [3.63, 3.8) is 0 Å². The molecule has 0 saturated carbocycles. The van der Waals surface area contributed by atoms with Crippen molar-refractivity contribution in [1.29, 1.82) is 0 Å². The molecule has 7 nitrogen and oxygen atoms in total. The molecule has 1 amide bonds. The Labute approximate surface area is 206 Å². The monoisotopic (exact) mass is 506 g/mol. The molecule has 2 aromatic rings. The lowest BCUT2D eigenvalue weighted by molar-refractivity contribution is -0.151. The first-order valence-corrected chi connectivity index (χ1v) is 13.5. The van der Waals surface area contributed by atoms with E-state index < -0.39 is 15.6 Å². The predicted octanol–water partition coefficient (Wildman–Crippen LogP) is 3.89. The number of carbonyl (C=O) groups is 1. The Balaban J connectivity index is 1.58. The second kappa shape index (κ2) is 10.6. The highest BCUT2D eigenvalue weighted by Gasteiger charge is 2.44. The van der Waals surface area contributed by atoms with E-state index in [9.17, 15) is 13.2 Å². The van der Waals surface area contributed by atoms with Crippen molar-refractivity contribution in [2.24, 2.45) is 0 Å². The number of hydrogen-bond donors (Lipinski definition) is 0. The van der Waals surface area contributed by atoms with Crippen LogP contribution in [0.1, 0.15) is 31.2 Å². The van der Waals surface area contributed by atoms with Crippen molar-refractivity contribution >= 4 is 27.5 Å². The molecule has 0 aliphatic carbocycles. The van der Waals surface area contributed by atoms with Gasteiger partial charge in [-0.25, -0.2) is 8.42 Å². The van der Waals surface area contributed by atoms with Gasteiger partial charge in [0.05, 0.1) is 17.9 Å². The van der Waals surface area contributed by atoms with Crippen LogP contribution in [0.2, 0.25) is 5.02 Å². The molecule has 2 fully saturated rings. The van der Waals surface area contributed by atoms with Crippen LogP contribution >= 0.6 is 11.6 Å². The lowest BCUT2D eigenvalue weighted by Crippen LogP contribution is -2.58. The summed E-state index contributed by atoms with van der Waals surface area (Å²) in [6.45, 7) is 3.75. The van der Waals surface area contributed by atoms with Crippen LogP contribution in [0.3, 0.4) is 0 Å². The van der Waals surface area contributed by atoms with E-state index in [0.717, 1.165) is 37.9 Å². The van der Waals surface area contributed by atoms with Crippen molar-refractivity contribution in [3.05, 3.63) is 59.1 Å². The quantitative estimate of drug-likeness (QED) is 0.569. The van der Waals surface area contributed by atoms with E-state index in [1.54, 1.807) is 42.5 Å². The van der Waals surface area contributed by atoms with Gasteiger partial charge in [-0.3, -0.25) is 4.79 Å². The van der Waals surface area contributed by atoms with Crippen molar-refractivity contribution in [1.82, 2.24) is 9.21 Å². The SMILES string of the molecule is Cc1cccc(S(=O)(=O)N2CCOC(COc3cccc(Cl)c3)(CC(=O)N3CCCCC3)C2)c1. The maximum absolute atomic E-state index is 13.5. The van der Waals surface area contributed by atoms with E-state index in [4.69, 9.17) is 21.1 Å². The van der Waals surface area contributed by atoms with Gasteiger partial charge < -0.3 is 14.4 Å². The molecular formula is C25H31ClN2O5S. The number of benzene rings is 2. The Hall–Kier alpha value is -2.13. The molecule has 34 heavy (non-hydrogen) atoms. The molecule has 1 atom stereocenters. The molecule has 0 spiro atoms. The van der Waals surface area contributed by atoms with E-state index in [-0.39, 0.29) is 43.5 Å². The van der Waals surface area contributed by atoms with Gasteiger partial charge >= 0.3 is 0 Å². The number of sulfonamides is 1. The number of hydrogen-bond acceptors (Lipinski definition) is 5. The smallest absolute Gasteiger partial charge is 0.243 e. The fourth-order valence-corrected chi connectivity index (χ4v) is 6.27. The lowest BCUT2D eigenvalue weighted by Gasteiger charge is -2.42. The van der Waals surface area contributed by atoms with Gasteiger partial charge in [0.15, 0.2) is 0 Å². The van der Waals surface area contributed by atoms with Crippen molar-refractivity contribution < 1.29 is 22.7 Å². The van der Waals surface area contributed by atoms with Gasteiger partial charge in [-0.05, 0) is 62.1 Å². The van der Waals surface area contributed by atoms with Crippen LogP contribution in [-0.4, -0.2) is 68.5 Å². The molecule has 9 heteroatoms. The molecule has 0 N–H and O–H groups in total. The summed E-state index contributed by atoms with van der Waals surface area (Å²) in [4.78, 5) is 15.3. The van der Waals surface area contributed by atoms with E-state index in [1.807, 2.05) is 17.9 Å².